The van der Waals surface area contributed by atoms with Gasteiger partial charge in [0.05, 0.1) is 47.7 Å². The molecule has 0 saturated carbocycles. The van der Waals surface area contributed by atoms with Gasteiger partial charge in [-0.2, -0.15) is 0 Å². The molecular formula is C120H70N6O4S3. The van der Waals surface area contributed by atoms with Crippen LogP contribution in [0.2, 0.25) is 0 Å². The molecule has 0 atom stereocenters. The molecule has 28 aromatic rings. The van der Waals surface area contributed by atoms with Crippen molar-refractivity contribution in [1.82, 2.24) is 29.9 Å². The molecule has 0 fully saturated rings. The first-order valence-electron chi connectivity index (χ1n) is 44.2. The van der Waals surface area contributed by atoms with Gasteiger partial charge in [0.2, 0.25) is 0 Å². The van der Waals surface area contributed by atoms with Gasteiger partial charge in [0, 0.05) is 107 Å². The summed E-state index contributed by atoms with van der Waals surface area (Å²) in [6.07, 6.45) is 0. The van der Waals surface area contributed by atoms with Crippen LogP contribution in [0.15, 0.2) is 442 Å². The molecule has 0 bridgehead atoms. The first-order valence-corrected chi connectivity index (χ1v) is 46.7. The van der Waals surface area contributed by atoms with Gasteiger partial charge < -0.3 is 17.7 Å². The zero-order valence-corrected chi connectivity index (χ0v) is 73.4. The number of thiophene rings is 3. The second-order valence-corrected chi connectivity index (χ2v) is 36.4. The molecule has 0 saturated heterocycles. The number of furan rings is 4. The fourth-order valence-corrected chi connectivity index (χ4v) is 22.6. The molecule has 0 spiro atoms. The minimum atomic E-state index is 0.698. The van der Waals surface area contributed by atoms with Gasteiger partial charge in [0.25, 0.3) is 0 Å². The zero-order valence-electron chi connectivity index (χ0n) is 71.0. The van der Waals surface area contributed by atoms with Crippen molar-refractivity contribution >= 4 is 183 Å². The van der Waals surface area contributed by atoms with Crippen LogP contribution >= 0.6 is 34.0 Å². The van der Waals surface area contributed by atoms with Crippen LogP contribution in [-0.2, 0) is 0 Å². The SMILES string of the molecule is c1ccc(-c2ccc(-c3nc(-c4cccc5oc6ccccc6c45)nc4c3sc3cc(-c5ccccc5)ccc34)cc2)cc1.c1ccc(-c2ccc(-c3nc(-c4ccccc4)nc4c3sc3cc(-c5cccc6oc7ccccc7c56)ccc34)cc2)cc1.c1ccc(-c2nc(-c3ccc4c(c3)oc3ccccc34)c3sc4cc(-c5cccc6oc7ccccc7c56)ccc4c3n2)cc1. The van der Waals surface area contributed by atoms with E-state index in [4.69, 9.17) is 47.6 Å². The highest BCUT2D eigenvalue weighted by molar-refractivity contribution is 7.27. The van der Waals surface area contributed by atoms with Crippen LogP contribution < -0.4 is 0 Å². The van der Waals surface area contributed by atoms with Crippen molar-refractivity contribution in [2.75, 3.05) is 0 Å². The molecule has 28 rings (SSSR count). The Hall–Kier alpha value is -16.9. The molecular weight excluding hydrogens is 1690 g/mol. The van der Waals surface area contributed by atoms with Gasteiger partial charge in [-0.25, -0.2) is 29.9 Å². The monoisotopic (exact) mass is 1750 g/mol. The van der Waals surface area contributed by atoms with Crippen molar-refractivity contribution < 1.29 is 17.7 Å². The van der Waals surface area contributed by atoms with Gasteiger partial charge in [-0.1, -0.05) is 352 Å². The fourth-order valence-electron chi connectivity index (χ4n) is 19.0. The zero-order chi connectivity index (χ0) is 87.6. The van der Waals surface area contributed by atoms with E-state index < -0.39 is 0 Å². The van der Waals surface area contributed by atoms with E-state index in [-0.39, 0.29) is 0 Å². The Bertz CT molecular complexity index is 9450. The smallest absolute Gasteiger partial charge is 0.161 e. The minimum Gasteiger partial charge on any atom is -0.456 e. The van der Waals surface area contributed by atoms with E-state index >= 15 is 0 Å². The summed E-state index contributed by atoms with van der Waals surface area (Å²) in [6, 6.07) is 148. The molecule has 622 valence electrons. The van der Waals surface area contributed by atoms with Crippen molar-refractivity contribution in [2.45, 2.75) is 0 Å². The van der Waals surface area contributed by atoms with Gasteiger partial charge in [-0.05, 0) is 128 Å². The molecule has 0 aliphatic rings. The highest BCUT2D eigenvalue weighted by atomic mass is 32.1. The van der Waals surface area contributed by atoms with Crippen molar-refractivity contribution in [3.8, 4) is 124 Å². The first kappa shape index (κ1) is 77.2. The lowest BCUT2D eigenvalue weighted by molar-refractivity contribution is 0.668. The van der Waals surface area contributed by atoms with E-state index in [0.29, 0.717) is 11.6 Å². The molecule has 18 aromatic carbocycles. The predicted octanol–water partition coefficient (Wildman–Crippen LogP) is 34.5. The Labute approximate surface area is 772 Å². The van der Waals surface area contributed by atoms with E-state index in [9.17, 15) is 0 Å². The summed E-state index contributed by atoms with van der Waals surface area (Å²) < 4.78 is 31.7. The normalized spacial score (nSPS) is 11.8. The number of hydrogen-bond donors (Lipinski definition) is 0. The second kappa shape index (κ2) is 32.1. The maximum absolute atomic E-state index is 6.28. The third-order valence-corrected chi connectivity index (χ3v) is 28.8. The van der Waals surface area contributed by atoms with Gasteiger partial charge in [0.1, 0.15) is 44.7 Å². The Morgan fingerprint density at radius 3 is 0.857 bits per heavy atom. The van der Waals surface area contributed by atoms with Gasteiger partial charge in [-0.15, -0.1) is 34.0 Å². The average Bonchev–Trinajstić information content (AvgIpc) is 1.28. The maximum atomic E-state index is 6.28. The Morgan fingerprint density at radius 1 is 0.158 bits per heavy atom. The molecule has 0 unspecified atom stereocenters. The Balaban J connectivity index is 0.000000104. The van der Waals surface area contributed by atoms with E-state index in [1.54, 1.807) is 34.0 Å². The van der Waals surface area contributed by atoms with Crippen LogP contribution in [0.25, 0.3) is 272 Å². The topological polar surface area (TPSA) is 130 Å². The van der Waals surface area contributed by atoms with Gasteiger partial charge >= 0.3 is 0 Å². The standard InChI is InChI=1S/C40H22N2O2S.2C40H24N2OS/c1-2-9-23(10-3-1)40-41-37(25-18-19-28-27-11-4-6-14-31(27)44-34(28)21-25)39-38(42-40)30-20-17-24(22-35(30)45-39)26-13-8-16-33-36(26)29-12-5-7-15-32(29)43-33;1-3-10-25(11-4-1)26-18-20-27(21-19-26)37-39-38(42-40(41-37)28-12-5-2-6-13-28)32-23-22-29(24-35(32)44-39)30-15-9-17-34-36(30)31-14-7-8-16-33(31)43-34;1-3-10-25(11-4-1)27-18-20-28(21-19-27)37-39-38(31-23-22-29(24-35(31)44-39)26-12-5-2-6-13-26)42-40(41-37)32-15-9-17-34-36(32)30-14-7-8-16-33(30)43-34/h1-22H;2*1-24H. The molecule has 0 amide bonds. The molecule has 0 N–H and O–H groups in total. The average molecular weight is 1760 g/mol. The summed E-state index contributed by atoms with van der Waals surface area (Å²) in [5.41, 5.74) is 30.7. The Kier molecular flexibility index (Phi) is 18.6. The van der Waals surface area contributed by atoms with Crippen LogP contribution in [0, 0.1) is 0 Å². The molecule has 10 heterocycles. The lowest BCUT2D eigenvalue weighted by Gasteiger charge is -2.09. The largest absolute Gasteiger partial charge is 0.456 e. The number of para-hydroxylation sites is 4. The minimum absolute atomic E-state index is 0.698. The van der Waals surface area contributed by atoms with E-state index in [1.807, 2.05) is 127 Å². The first-order chi connectivity index (χ1) is 65.9. The van der Waals surface area contributed by atoms with E-state index in [0.717, 1.165) is 212 Å². The van der Waals surface area contributed by atoms with Crippen molar-refractivity contribution in [2.24, 2.45) is 0 Å². The van der Waals surface area contributed by atoms with Crippen LogP contribution in [0.3, 0.4) is 0 Å². The number of benzene rings is 18. The number of fused-ring (bicyclic) bond motifs is 21. The van der Waals surface area contributed by atoms with Crippen molar-refractivity contribution in [1.29, 1.82) is 0 Å². The number of rotatable bonds is 11. The van der Waals surface area contributed by atoms with E-state index in [1.165, 1.54) is 48.3 Å². The van der Waals surface area contributed by atoms with Crippen LogP contribution in [0.5, 0.6) is 0 Å². The summed E-state index contributed by atoms with van der Waals surface area (Å²) in [4.78, 5) is 31.3. The summed E-state index contributed by atoms with van der Waals surface area (Å²) in [7, 11) is 0. The fraction of sp³-hybridized carbons (Fsp3) is 0. The highest BCUT2D eigenvalue weighted by Gasteiger charge is 2.26. The van der Waals surface area contributed by atoms with Gasteiger partial charge in [-0.3, -0.25) is 0 Å². The van der Waals surface area contributed by atoms with E-state index in [2.05, 4.69) is 297 Å². The molecule has 0 aliphatic carbocycles. The number of aromatic nitrogens is 6. The number of nitrogens with zero attached hydrogens (tertiary/aromatic N) is 6. The summed E-state index contributed by atoms with van der Waals surface area (Å²) in [5.74, 6) is 2.14. The summed E-state index contributed by atoms with van der Waals surface area (Å²) in [5, 5.41) is 12.3. The van der Waals surface area contributed by atoms with Crippen molar-refractivity contribution in [3.63, 3.8) is 0 Å². The van der Waals surface area contributed by atoms with Crippen LogP contribution in [0.1, 0.15) is 0 Å². The highest BCUT2D eigenvalue weighted by Crippen LogP contribution is 2.49. The maximum Gasteiger partial charge on any atom is 0.161 e. The molecule has 0 aliphatic heterocycles. The summed E-state index contributed by atoms with van der Waals surface area (Å²) in [6.45, 7) is 0. The lowest BCUT2D eigenvalue weighted by Crippen LogP contribution is -1.94. The van der Waals surface area contributed by atoms with Crippen molar-refractivity contribution in [3.05, 3.63) is 425 Å². The number of hydrogen-bond acceptors (Lipinski definition) is 13. The molecule has 10 nitrogen and oxygen atoms in total. The van der Waals surface area contributed by atoms with Gasteiger partial charge in [0.15, 0.2) is 17.5 Å². The quantitative estimate of drug-likeness (QED) is 0.123. The lowest BCUT2D eigenvalue weighted by atomic mass is 9.98. The molecule has 0 radical (unpaired) electrons. The van der Waals surface area contributed by atoms with Crippen LogP contribution in [-0.4, -0.2) is 29.9 Å². The molecule has 13 heteroatoms. The summed E-state index contributed by atoms with van der Waals surface area (Å²) >= 11 is 5.26. The Morgan fingerprint density at radius 2 is 0.429 bits per heavy atom. The predicted molar refractivity (Wildman–Crippen MR) is 554 cm³/mol. The molecule has 133 heavy (non-hydrogen) atoms. The second-order valence-electron chi connectivity index (χ2n) is 33.3. The third kappa shape index (κ3) is 13.6. The molecule has 10 aromatic heterocycles. The third-order valence-electron chi connectivity index (χ3n) is 25.4. The van der Waals surface area contributed by atoms with Crippen LogP contribution in [0.4, 0.5) is 0 Å².